The average Bonchev–Trinajstić information content (AvgIpc) is 2.91. The van der Waals surface area contributed by atoms with E-state index in [9.17, 15) is 5.11 Å². The highest BCUT2D eigenvalue weighted by atomic mass is 16.3. The Kier molecular flexibility index (Phi) is 4.39. The smallest absolute Gasteiger partial charge is 0.163 e. The van der Waals surface area contributed by atoms with Crippen LogP contribution in [0.15, 0.2) is 30.6 Å². The number of anilines is 1. The summed E-state index contributed by atoms with van der Waals surface area (Å²) in [5, 5.41) is 20.7. The standard InChI is InChI=1S/C15H22N4O/c1-4-15(2,10-20)9-16-13-7-5-12(6-8-13)14-18-17-11-19(14)3/h5-8,11,16,20H,4,9-10H2,1-3H3. The first-order valence-electron chi connectivity index (χ1n) is 6.87. The molecule has 0 saturated heterocycles. The highest BCUT2D eigenvalue weighted by Gasteiger charge is 2.20. The largest absolute Gasteiger partial charge is 0.396 e. The minimum Gasteiger partial charge on any atom is -0.396 e. The van der Waals surface area contributed by atoms with Gasteiger partial charge in [0.05, 0.1) is 6.61 Å². The van der Waals surface area contributed by atoms with Crippen molar-refractivity contribution in [2.45, 2.75) is 20.3 Å². The summed E-state index contributed by atoms with van der Waals surface area (Å²) < 4.78 is 1.89. The van der Waals surface area contributed by atoms with E-state index in [1.54, 1.807) is 6.33 Å². The van der Waals surface area contributed by atoms with Crippen LogP contribution in [0.1, 0.15) is 20.3 Å². The highest BCUT2D eigenvalue weighted by molar-refractivity contribution is 5.59. The van der Waals surface area contributed by atoms with E-state index < -0.39 is 0 Å². The molecule has 1 unspecified atom stereocenters. The molecule has 5 nitrogen and oxygen atoms in total. The van der Waals surface area contributed by atoms with Crippen molar-refractivity contribution in [2.24, 2.45) is 12.5 Å². The quantitative estimate of drug-likeness (QED) is 0.848. The summed E-state index contributed by atoms with van der Waals surface area (Å²) in [6.07, 6.45) is 2.63. The van der Waals surface area contributed by atoms with Crippen LogP contribution in [0.25, 0.3) is 11.4 Å². The molecule has 0 spiro atoms. The lowest BCUT2D eigenvalue weighted by atomic mass is 9.88. The third kappa shape index (κ3) is 3.17. The number of nitrogens with one attached hydrogen (secondary N) is 1. The molecule has 1 heterocycles. The van der Waals surface area contributed by atoms with Gasteiger partial charge in [-0.25, -0.2) is 0 Å². The lowest BCUT2D eigenvalue weighted by Gasteiger charge is -2.26. The zero-order valence-electron chi connectivity index (χ0n) is 12.3. The Morgan fingerprint density at radius 1 is 1.30 bits per heavy atom. The number of aliphatic hydroxyl groups excluding tert-OH is 1. The van der Waals surface area contributed by atoms with Gasteiger partial charge in [0.25, 0.3) is 0 Å². The third-order valence-corrected chi connectivity index (χ3v) is 3.81. The van der Waals surface area contributed by atoms with Crippen LogP contribution in [-0.2, 0) is 7.05 Å². The van der Waals surface area contributed by atoms with Gasteiger partial charge in [-0.15, -0.1) is 10.2 Å². The molecule has 0 aliphatic carbocycles. The molecule has 20 heavy (non-hydrogen) atoms. The van der Waals surface area contributed by atoms with Gasteiger partial charge < -0.3 is 15.0 Å². The van der Waals surface area contributed by atoms with Crippen molar-refractivity contribution in [2.75, 3.05) is 18.5 Å². The van der Waals surface area contributed by atoms with E-state index in [0.717, 1.165) is 30.0 Å². The van der Waals surface area contributed by atoms with Crippen LogP contribution in [0.5, 0.6) is 0 Å². The molecule has 2 N–H and O–H groups in total. The van der Waals surface area contributed by atoms with Crippen molar-refractivity contribution in [3.8, 4) is 11.4 Å². The van der Waals surface area contributed by atoms with Crippen LogP contribution >= 0.6 is 0 Å². The van der Waals surface area contributed by atoms with Gasteiger partial charge in [0, 0.05) is 30.3 Å². The van der Waals surface area contributed by atoms with E-state index in [-0.39, 0.29) is 12.0 Å². The topological polar surface area (TPSA) is 63.0 Å². The van der Waals surface area contributed by atoms with Crippen molar-refractivity contribution in [3.05, 3.63) is 30.6 Å². The zero-order valence-corrected chi connectivity index (χ0v) is 12.3. The van der Waals surface area contributed by atoms with Gasteiger partial charge in [0.1, 0.15) is 6.33 Å². The van der Waals surface area contributed by atoms with Gasteiger partial charge in [-0.3, -0.25) is 0 Å². The Morgan fingerprint density at radius 2 is 2.00 bits per heavy atom. The molecular weight excluding hydrogens is 252 g/mol. The van der Waals surface area contributed by atoms with Gasteiger partial charge in [0.2, 0.25) is 0 Å². The number of hydrogen-bond acceptors (Lipinski definition) is 4. The summed E-state index contributed by atoms with van der Waals surface area (Å²) in [5.41, 5.74) is 2.00. The summed E-state index contributed by atoms with van der Waals surface area (Å²) >= 11 is 0. The molecule has 0 amide bonds. The zero-order chi connectivity index (χ0) is 14.6. The predicted octanol–water partition coefficient (Wildman–Crippen LogP) is 2.30. The Hall–Kier alpha value is -1.88. The summed E-state index contributed by atoms with van der Waals surface area (Å²) in [4.78, 5) is 0. The highest BCUT2D eigenvalue weighted by Crippen LogP contribution is 2.23. The lowest BCUT2D eigenvalue weighted by Crippen LogP contribution is -2.29. The van der Waals surface area contributed by atoms with Crippen LogP contribution in [0, 0.1) is 5.41 Å². The summed E-state index contributed by atoms with van der Waals surface area (Å²) in [5.74, 6) is 0.852. The van der Waals surface area contributed by atoms with Gasteiger partial charge in [0.15, 0.2) is 5.82 Å². The Balaban J connectivity index is 2.04. The number of nitrogens with zero attached hydrogens (tertiary/aromatic N) is 3. The number of benzene rings is 1. The van der Waals surface area contributed by atoms with E-state index in [1.165, 1.54) is 0 Å². The molecule has 2 rings (SSSR count). The first kappa shape index (κ1) is 14.5. The van der Waals surface area contributed by atoms with Crippen LogP contribution in [0.2, 0.25) is 0 Å². The molecule has 0 bridgehead atoms. The monoisotopic (exact) mass is 274 g/mol. The van der Waals surface area contributed by atoms with Crippen molar-refractivity contribution >= 4 is 5.69 Å². The molecule has 0 fully saturated rings. The molecule has 0 aliphatic heterocycles. The van der Waals surface area contributed by atoms with Gasteiger partial charge in [-0.05, 0) is 30.7 Å². The fourth-order valence-electron chi connectivity index (χ4n) is 1.89. The maximum Gasteiger partial charge on any atom is 0.163 e. The second kappa shape index (κ2) is 6.05. The Morgan fingerprint density at radius 3 is 2.50 bits per heavy atom. The van der Waals surface area contributed by atoms with Crippen molar-refractivity contribution in [1.82, 2.24) is 14.8 Å². The number of aliphatic hydroxyl groups is 1. The van der Waals surface area contributed by atoms with Gasteiger partial charge in [-0.2, -0.15) is 0 Å². The van der Waals surface area contributed by atoms with E-state index in [1.807, 2.05) is 35.9 Å². The first-order valence-corrected chi connectivity index (χ1v) is 6.87. The van der Waals surface area contributed by atoms with Crippen molar-refractivity contribution < 1.29 is 5.11 Å². The normalized spacial score (nSPS) is 14.0. The molecule has 1 aromatic carbocycles. The summed E-state index contributed by atoms with van der Waals surface area (Å²) in [7, 11) is 1.93. The third-order valence-electron chi connectivity index (χ3n) is 3.81. The molecule has 1 aromatic heterocycles. The average molecular weight is 274 g/mol. The second-order valence-corrected chi connectivity index (χ2v) is 5.52. The molecule has 5 heteroatoms. The van der Waals surface area contributed by atoms with Crippen LogP contribution in [0.4, 0.5) is 5.69 Å². The van der Waals surface area contributed by atoms with E-state index in [0.29, 0.717) is 0 Å². The van der Waals surface area contributed by atoms with E-state index in [2.05, 4.69) is 29.4 Å². The van der Waals surface area contributed by atoms with Gasteiger partial charge in [-0.1, -0.05) is 13.8 Å². The molecule has 0 saturated carbocycles. The maximum absolute atomic E-state index is 9.40. The Bertz CT molecular complexity index is 543. The number of aromatic nitrogens is 3. The van der Waals surface area contributed by atoms with Crippen LogP contribution in [0.3, 0.4) is 0 Å². The first-order chi connectivity index (χ1) is 9.58. The molecular formula is C15H22N4O. The minimum absolute atomic E-state index is 0.0811. The molecule has 2 aromatic rings. The lowest BCUT2D eigenvalue weighted by molar-refractivity contribution is 0.149. The fraction of sp³-hybridized carbons (Fsp3) is 0.467. The summed E-state index contributed by atoms with van der Waals surface area (Å²) in [6.45, 7) is 5.11. The molecule has 0 radical (unpaired) electrons. The SMILES string of the molecule is CCC(C)(CO)CNc1ccc(-c2nncn2C)cc1. The molecule has 1 atom stereocenters. The number of rotatable bonds is 6. The van der Waals surface area contributed by atoms with Gasteiger partial charge >= 0.3 is 0 Å². The van der Waals surface area contributed by atoms with Crippen LogP contribution in [-0.4, -0.2) is 33.0 Å². The fourth-order valence-corrected chi connectivity index (χ4v) is 1.89. The summed E-state index contributed by atoms with van der Waals surface area (Å²) in [6, 6.07) is 8.10. The second-order valence-electron chi connectivity index (χ2n) is 5.52. The van der Waals surface area contributed by atoms with E-state index in [4.69, 9.17) is 0 Å². The van der Waals surface area contributed by atoms with Crippen molar-refractivity contribution in [3.63, 3.8) is 0 Å². The maximum atomic E-state index is 9.40. The van der Waals surface area contributed by atoms with E-state index >= 15 is 0 Å². The minimum atomic E-state index is -0.0811. The molecule has 108 valence electrons. The number of aryl methyl sites for hydroxylation is 1. The number of hydrogen-bond donors (Lipinski definition) is 2. The predicted molar refractivity (Wildman–Crippen MR) is 80.4 cm³/mol. The van der Waals surface area contributed by atoms with Crippen LogP contribution < -0.4 is 5.32 Å². The molecule has 0 aliphatic rings. The Labute approximate surface area is 119 Å². The van der Waals surface area contributed by atoms with Crippen molar-refractivity contribution in [1.29, 1.82) is 0 Å².